The number of methoxy groups -OCH3 is 1. The van der Waals surface area contributed by atoms with Gasteiger partial charge in [-0.1, -0.05) is 24.3 Å². The van der Waals surface area contributed by atoms with Gasteiger partial charge < -0.3 is 25.0 Å². The van der Waals surface area contributed by atoms with Crippen molar-refractivity contribution >= 4 is 11.7 Å². The van der Waals surface area contributed by atoms with Crippen molar-refractivity contribution in [2.75, 3.05) is 45.7 Å². The van der Waals surface area contributed by atoms with Crippen LogP contribution in [-0.2, 0) is 4.74 Å². The second kappa shape index (κ2) is 11.1. The van der Waals surface area contributed by atoms with E-state index in [1.165, 1.54) is 0 Å². The molecule has 6 nitrogen and oxygen atoms in total. The van der Waals surface area contributed by atoms with Gasteiger partial charge >= 0.3 is 6.03 Å². The lowest BCUT2D eigenvalue weighted by Gasteiger charge is -2.16. The number of para-hydroxylation sites is 1. The molecule has 0 saturated heterocycles. The molecular formula is C20H27N3O3. The summed E-state index contributed by atoms with van der Waals surface area (Å²) in [5.41, 5.74) is 0.688. The number of nitrogens with one attached hydrogen (secondary N) is 2. The molecule has 0 spiro atoms. The molecule has 0 aliphatic carbocycles. The molecule has 0 bridgehead atoms. The molecule has 2 amide bonds. The molecule has 0 radical (unpaired) electrons. The van der Waals surface area contributed by atoms with E-state index in [1.807, 2.05) is 55.6 Å². The minimum atomic E-state index is -0.221. The van der Waals surface area contributed by atoms with Crippen LogP contribution in [0.2, 0.25) is 0 Å². The number of hydrogen-bond donors (Lipinski definition) is 2. The maximum Gasteiger partial charge on any atom is 0.319 e. The molecule has 0 unspecified atom stereocenters. The lowest BCUT2D eigenvalue weighted by Crippen LogP contribution is -2.32. The number of hydrogen-bond acceptors (Lipinski definition) is 4. The number of amides is 2. The molecule has 2 aromatic carbocycles. The summed E-state index contributed by atoms with van der Waals surface area (Å²) in [6.45, 7) is 3.12. The van der Waals surface area contributed by atoms with Gasteiger partial charge in [0.1, 0.15) is 11.5 Å². The molecule has 140 valence electrons. The Kier molecular flexibility index (Phi) is 8.45. The smallest absolute Gasteiger partial charge is 0.319 e. The Bertz CT molecular complexity index is 664. The molecule has 0 atom stereocenters. The minimum Gasteiger partial charge on any atom is -0.457 e. The van der Waals surface area contributed by atoms with Gasteiger partial charge in [-0.2, -0.15) is 0 Å². The van der Waals surface area contributed by atoms with Crippen LogP contribution in [0.1, 0.15) is 6.42 Å². The molecule has 0 heterocycles. The first-order chi connectivity index (χ1) is 12.7. The van der Waals surface area contributed by atoms with E-state index < -0.39 is 0 Å². The fourth-order valence-corrected chi connectivity index (χ4v) is 2.35. The van der Waals surface area contributed by atoms with E-state index in [4.69, 9.17) is 9.47 Å². The quantitative estimate of drug-likeness (QED) is 0.638. The number of carbonyl (C=O) groups excluding carboxylic acids is 1. The molecule has 2 aromatic rings. The number of rotatable bonds is 10. The predicted octanol–water partition coefficient (Wildman–Crippen LogP) is 3.57. The largest absolute Gasteiger partial charge is 0.457 e. The van der Waals surface area contributed by atoms with Gasteiger partial charge in [-0.05, 0) is 44.3 Å². The summed E-state index contributed by atoms with van der Waals surface area (Å²) in [6, 6.07) is 16.6. The predicted molar refractivity (Wildman–Crippen MR) is 104 cm³/mol. The highest BCUT2D eigenvalue weighted by Crippen LogP contribution is 2.23. The van der Waals surface area contributed by atoms with Gasteiger partial charge in [0.05, 0.1) is 6.61 Å². The van der Waals surface area contributed by atoms with E-state index in [1.54, 1.807) is 13.2 Å². The van der Waals surface area contributed by atoms with Crippen LogP contribution in [0.3, 0.4) is 0 Å². The molecule has 2 rings (SSSR count). The second-order valence-corrected chi connectivity index (χ2v) is 5.97. The van der Waals surface area contributed by atoms with Crippen molar-refractivity contribution in [3.63, 3.8) is 0 Å². The summed E-state index contributed by atoms with van der Waals surface area (Å²) in [5.74, 6) is 1.43. The Morgan fingerprint density at radius 2 is 1.81 bits per heavy atom. The third-order valence-corrected chi connectivity index (χ3v) is 3.75. The Hall–Kier alpha value is -2.57. The van der Waals surface area contributed by atoms with E-state index in [0.717, 1.165) is 25.3 Å². The van der Waals surface area contributed by atoms with Gasteiger partial charge in [-0.3, -0.25) is 0 Å². The van der Waals surface area contributed by atoms with Gasteiger partial charge in [0, 0.05) is 32.0 Å². The van der Waals surface area contributed by atoms with E-state index in [2.05, 4.69) is 15.5 Å². The van der Waals surface area contributed by atoms with Crippen molar-refractivity contribution in [3.05, 3.63) is 54.6 Å². The van der Waals surface area contributed by atoms with Crippen LogP contribution >= 0.6 is 0 Å². The fourth-order valence-electron chi connectivity index (χ4n) is 2.35. The van der Waals surface area contributed by atoms with Crippen LogP contribution in [0.5, 0.6) is 11.5 Å². The number of benzene rings is 2. The Balaban J connectivity index is 1.72. The Morgan fingerprint density at radius 1 is 1.04 bits per heavy atom. The van der Waals surface area contributed by atoms with Gasteiger partial charge in [-0.25, -0.2) is 4.79 Å². The summed E-state index contributed by atoms with van der Waals surface area (Å²) in [6.07, 6.45) is 0.880. The zero-order chi connectivity index (χ0) is 18.6. The first kappa shape index (κ1) is 19.8. The van der Waals surface area contributed by atoms with Crippen molar-refractivity contribution < 1.29 is 14.3 Å². The molecule has 0 aliphatic heterocycles. The van der Waals surface area contributed by atoms with Crippen molar-refractivity contribution in [3.8, 4) is 11.5 Å². The van der Waals surface area contributed by atoms with Crippen LogP contribution in [0, 0.1) is 0 Å². The number of nitrogens with zero attached hydrogens (tertiary/aromatic N) is 1. The number of likely N-dealkylation sites (N-methyl/N-ethyl adjacent to an activating group) is 1. The number of carbonyl (C=O) groups is 1. The SMILES string of the molecule is COCCN(C)CCCNC(=O)Nc1cccc(Oc2ccccc2)c1. The van der Waals surface area contributed by atoms with E-state index in [9.17, 15) is 4.79 Å². The van der Waals surface area contributed by atoms with Crippen LogP contribution < -0.4 is 15.4 Å². The first-order valence-corrected chi connectivity index (χ1v) is 8.72. The van der Waals surface area contributed by atoms with Crippen LogP contribution in [0.25, 0.3) is 0 Å². The molecule has 0 aliphatic rings. The van der Waals surface area contributed by atoms with Crippen molar-refractivity contribution in [2.45, 2.75) is 6.42 Å². The molecule has 2 N–H and O–H groups in total. The topological polar surface area (TPSA) is 62.8 Å². The van der Waals surface area contributed by atoms with Crippen molar-refractivity contribution in [1.29, 1.82) is 0 Å². The summed E-state index contributed by atoms with van der Waals surface area (Å²) in [7, 11) is 3.73. The minimum absolute atomic E-state index is 0.221. The second-order valence-electron chi connectivity index (χ2n) is 5.97. The van der Waals surface area contributed by atoms with E-state index >= 15 is 0 Å². The molecule has 0 fully saturated rings. The highest BCUT2D eigenvalue weighted by Gasteiger charge is 2.04. The summed E-state index contributed by atoms with van der Waals surface area (Å²) >= 11 is 0. The van der Waals surface area contributed by atoms with E-state index in [-0.39, 0.29) is 6.03 Å². The highest BCUT2D eigenvalue weighted by atomic mass is 16.5. The maximum atomic E-state index is 12.0. The lowest BCUT2D eigenvalue weighted by molar-refractivity contribution is 0.160. The fraction of sp³-hybridized carbons (Fsp3) is 0.350. The standard InChI is InChI=1S/C20H27N3O3/c1-23(14-15-25-2)13-7-12-21-20(24)22-17-8-6-11-19(16-17)26-18-9-4-3-5-10-18/h3-6,8-11,16H,7,12-15H2,1-2H3,(H2,21,22,24). The average Bonchev–Trinajstić information content (AvgIpc) is 2.64. The number of anilines is 1. The third-order valence-electron chi connectivity index (χ3n) is 3.75. The molecule has 6 heteroatoms. The molecular weight excluding hydrogens is 330 g/mol. The Morgan fingerprint density at radius 3 is 2.58 bits per heavy atom. The van der Waals surface area contributed by atoms with Gasteiger partial charge in [0.15, 0.2) is 0 Å². The van der Waals surface area contributed by atoms with Gasteiger partial charge in [-0.15, -0.1) is 0 Å². The van der Waals surface area contributed by atoms with Crippen molar-refractivity contribution in [2.24, 2.45) is 0 Å². The maximum absolute atomic E-state index is 12.0. The van der Waals surface area contributed by atoms with Crippen LogP contribution in [0.4, 0.5) is 10.5 Å². The Labute approximate surface area is 155 Å². The van der Waals surface area contributed by atoms with Gasteiger partial charge in [0.2, 0.25) is 0 Å². The van der Waals surface area contributed by atoms with Crippen LogP contribution in [-0.4, -0.2) is 51.3 Å². The number of ether oxygens (including phenoxy) is 2. The summed E-state index contributed by atoms with van der Waals surface area (Å²) in [4.78, 5) is 14.2. The monoisotopic (exact) mass is 357 g/mol. The highest BCUT2D eigenvalue weighted by molar-refractivity contribution is 5.89. The normalized spacial score (nSPS) is 10.6. The number of urea groups is 1. The van der Waals surface area contributed by atoms with Crippen LogP contribution in [0.15, 0.2) is 54.6 Å². The summed E-state index contributed by atoms with van der Waals surface area (Å²) < 4.78 is 10.8. The zero-order valence-corrected chi connectivity index (χ0v) is 15.4. The van der Waals surface area contributed by atoms with Crippen molar-refractivity contribution in [1.82, 2.24) is 10.2 Å². The zero-order valence-electron chi connectivity index (χ0n) is 15.4. The molecule has 26 heavy (non-hydrogen) atoms. The first-order valence-electron chi connectivity index (χ1n) is 8.72. The summed E-state index contributed by atoms with van der Waals surface area (Å²) in [5, 5.41) is 5.69. The van der Waals surface area contributed by atoms with E-state index in [0.29, 0.717) is 24.6 Å². The third kappa shape index (κ3) is 7.55. The molecule has 0 aromatic heterocycles. The lowest BCUT2D eigenvalue weighted by atomic mass is 10.3. The molecule has 0 saturated carbocycles. The average molecular weight is 357 g/mol. The van der Waals surface area contributed by atoms with Gasteiger partial charge in [0.25, 0.3) is 0 Å².